The molecule has 2 N–H and O–H groups in total. The van der Waals surface area contributed by atoms with E-state index in [0.717, 1.165) is 6.54 Å². The minimum absolute atomic E-state index is 0.296. The molecule has 0 aliphatic carbocycles. The number of hydrogen-bond acceptors (Lipinski definition) is 3. The molecule has 0 saturated heterocycles. The van der Waals surface area contributed by atoms with Crippen LogP contribution in [0.3, 0.4) is 0 Å². The van der Waals surface area contributed by atoms with Gasteiger partial charge in [0.1, 0.15) is 18.2 Å². The standard InChI is InChI=1S/C15H25FN2O/c1-10(2)18(11(3)4)6-7-19-15-8-12(5)13(16)9-14(15)17/h8-11H,6-7,17H2,1-5H3. The molecule has 0 bridgehead atoms. The van der Waals surface area contributed by atoms with Crippen molar-refractivity contribution in [1.29, 1.82) is 0 Å². The number of halogens is 1. The third-order valence-electron chi connectivity index (χ3n) is 3.22. The Labute approximate surface area is 115 Å². The van der Waals surface area contributed by atoms with Crippen LogP contribution in [0.2, 0.25) is 0 Å². The van der Waals surface area contributed by atoms with Crippen LogP contribution >= 0.6 is 0 Å². The summed E-state index contributed by atoms with van der Waals surface area (Å²) in [5.74, 6) is 0.266. The highest BCUT2D eigenvalue weighted by molar-refractivity contribution is 5.54. The van der Waals surface area contributed by atoms with Gasteiger partial charge in [-0.15, -0.1) is 0 Å². The lowest BCUT2D eigenvalue weighted by atomic mass is 10.2. The van der Waals surface area contributed by atoms with Crippen molar-refractivity contribution in [2.45, 2.75) is 46.7 Å². The van der Waals surface area contributed by atoms with Crippen LogP contribution in [0.1, 0.15) is 33.3 Å². The zero-order valence-electron chi connectivity index (χ0n) is 12.5. The van der Waals surface area contributed by atoms with Gasteiger partial charge >= 0.3 is 0 Å². The van der Waals surface area contributed by atoms with Crippen molar-refractivity contribution in [2.75, 3.05) is 18.9 Å². The maximum absolute atomic E-state index is 13.3. The summed E-state index contributed by atoms with van der Waals surface area (Å²) < 4.78 is 18.9. The molecule has 0 heterocycles. The number of anilines is 1. The Morgan fingerprint density at radius 1 is 1.21 bits per heavy atom. The maximum atomic E-state index is 13.3. The van der Waals surface area contributed by atoms with Crippen molar-refractivity contribution in [3.63, 3.8) is 0 Å². The van der Waals surface area contributed by atoms with Crippen molar-refractivity contribution < 1.29 is 9.13 Å². The second-order valence-electron chi connectivity index (χ2n) is 5.41. The summed E-state index contributed by atoms with van der Waals surface area (Å²) in [7, 11) is 0. The first-order valence-electron chi connectivity index (χ1n) is 6.77. The van der Waals surface area contributed by atoms with Crippen molar-refractivity contribution >= 4 is 5.69 Å². The van der Waals surface area contributed by atoms with Crippen LogP contribution < -0.4 is 10.5 Å². The van der Waals surface area contributed by atoms with Gasteiger partial charge in [0, 0.05) is 24.7 Å². The number of aryl methyl sites for hydroxylation is 1. The molecule has 0 unspecified atom stereocenters. The Hall–Kier alpha value is -1.29. The first kappa shape index (κ1) is 15.8. The molecule has 0 radical (unpaired) electrons. The fraction of sp³-hybridized carbons (Fsp3) is 0.600. The van der Waals surface area contributed by atoms with Gasteiger partial charge in [-0.3, -0.25) is 4.90 Å². The summed E-state index contributed by atoms with van der Waals surface area (Å²) in [4.78, 5) is 2.34. The van der Waals surface area contributed by atoms with Gasteiger partial charge in [0.25, 0.3) is 0 Å². The van der Waals surface area contributed by atoms with Crippen molar-refractivity contribution in [3.05, 3.63) is 23.5 Å². The quantitative estimate of drug-likeness (QED) is 0.805. The topological polar surface area (TPSA) is 38.5 Å². The number of benzene rings is 1. The highest BCUT2D eigenvalue weighted by Crippen LogP contribution is 2.24. The third kappa shape index (κ3) is 4.39. The molecule has 1 aromatic carbocycles. The molecular formula is C15H25FN2O. The third-order valence-corrected chi connectivity index (χ3v) is 3.22. The van der Waals surface area contributed by atoms with E-state index in [1.807, 2.05) is 0 Å². The Morgan fingerprint density at radius 2 is 1.79 bits per heavy atom. The summed E-state index contributed by atoms with van der Waals surface area (Å²) in [6.07, 6.45) is 0. The van der Waals surface area contributed by atoms with E-state index in [1.54, 1.807) is 13.0 Å². The molecule has 0 saturated carbocycles. The van der Waals surface area contributed by atoms with Gasteiger partial charge < -0.3 is 10.5 Å². The Kier molecular flexibility index (Phi) is 5.60. The predicted octanol–water partition coefficient (Wildman–Crippen LogP) is 3.21. The monoisotopic (exact) mass is 268 g/mol. The first-order valence-corrected chi connectivity index (χ1v) is 6.77. The smallest absolute Gasteiger partial charge is 0.142 e. The number of rotatable bonds is 6. The zero-order valence-corrected chi connectivity index (χ0v) is 12.5. The van der Waals surface area contributed by atoms with Crippen LogP contribution in [0.15, 0.2) is 12.1 Å². The van der Waals surface area contributed by atoms with Gasteiger partial charge in [0.05, 0.1) is 5.69 Å². The van der Waals surface area contributed by atoms with Crippen LogP contribution in [0, 0.1) is 12.7 Å². The van der Waals surface area contributed by atoms with Crippen molar-refractivity contribution in [3.8, 4) is 5.75 Å². The van der Waals surface area contributed by atoms with Gasteiger partial charge in [0.15, 0.2) is 0 Å². The molecule has 19 heavy (non-hydrogen) atoms. The lowest BCUT2D eigenvalue weighted by molar-refractivity contribution is 0.142. The number of nitrogen functional groups attached to an aromatic ring is 1. The van der Waals surface area contributed by atoms with E-state index in [-0.39, 0.29) is 5.82 Å². The van der Waals surface area contributed by atoms with Crippen LogP contribution in [-0.4, -0.2) is 30.1 Å². The molecule has 0 fully saturated rings. The van der Waals surface area contributed by atoms with Gasteiger partial charge in [-0.1, -0.05) is 0 Å². The molecule has 0 aliphatic rings. The highest BCUT2D eigenvalue weighted by Gasteiger charge is 2.13. The van der Waals surface area contributed by atoms with Crippen LogP contribution in [0.4, 0.5) is 10.1 Å². The van der Waals surface area contributed by atoms with E-state index in [1.165, 1.54) is 6.07 Å². The molecule has 0 aliphatic heterocycles. The van der Waals surface area contributed by atoms with E-state index < -0.39 is 0 Å². The van der Waals surface area contributed by atoms with Gasteiger partial charge in [-0.25, -0.2) is 4.39 Å². The van der Waals surface area contributed by atoms with E-state index in [0.29, 0.717) is 35.7 Å². The summed E-state index contributed by atoms with van der Waals surface area (Å²) in [5, 5.41) is 0. The average Bonchev–Trinajstić information content (AvgIpc) is 2.29. The van der Waals surface area contributed by atoms with Gasteiger partial charge in [0.2, 0.25) is 0 Å². The van der Waals surface area contributed by atoms with Gasteiger partial charge in [-0.05, 0) is 46.2 Å². The highest BCUT2D eigenvalue weighted by atomic mass is 19.1. The maximum Gasteiger partial charge on any atom is 0.142 e. The molecule has 0 spiro atoms. The minimum atomic E-state index is -0.296. The summed E-state index contributed by atoms with van der Waals surface area (Å²) in [5.41, 5.74) is 6.65. The Morgan fingerprint density at radius 3 is 2.32 bits per heavy atom. The largest absolute Gasteiger partial charge is 0.490 e. The molecular weight excluding hydrogens is 243 g/mol. The predicted molar refractivity (Wildman–Crippen MR) is 78.0 cm³/mol. The second kappa shape index (κ2) is 6.75. The normalized spacial score (nSPS) is 11.6. The van der Waals surface area contributed by atoms with Crippen LogP contribution in [-0.2, 0) is 0 Å². The number of ether oxygens (including phenoxy) is 1. The molecule has 108 valence electrons. The average molecular weight is 268 g/mol. The molecule has 1 aromatic rings. The fourth-order valence-corrected chi connectivity index (χ4v) is 2.17. The molecule has 0 aromatic heterocycles. The van der Waals surface area contributed by atoms with E-state index >= 15 is 0 Å². The lowest BCUT2D eigenvalue weighted by Crippen LogP contribution is -2.39. The molecule has 4 heteroatoms. The first-order chi connectivity index (χ1) is 8.82. The van der Waals surface area contributed by atoms with Crippen molar-refractivity contribution in [2.24, 2.45) is 0 Å². The molecule has 1 rings (SSSR count). The lowest BCUT2D eigenvalue weighted by Gasteiger charge is -2.30. The Bertz CT molecular complexity index is 411. The van der Waals surface area contributed by atoms with E-state index in [4.69, 9.17) is 10.5 Å². The second-order valence-corrected chi connectivity index (χ2v) is 5.41. The molecule has 0 atom stereocenters. The van der Waals surface area contributed by atoms with Crippen LogP contribution in [0.25, 0.3) is 0 Å². The minimum Gasteiger partial charge on any atom is -0.490 e. The Balaban J connectivity index is 2.60. The van der Waals surface area contributed by atoms with E-state index in [2.05, 4.69) is 32.6 Å². The zero-order chi connectivity index (χ0) is 14.6. The SMILES string of the molecule is Cc1cc(OCCN(C(C)C)C(C)C)c(N)cc1F. The summed E-state index contributed by atoms with van der Waals surface area (Å²) >= 11 is 0. The van der Waals surface area contributed by atoms with E-state index in [9.17, 15) is 4.39 Å². The number of nitrogens with zero attached hydrogens (tertiary/aromatic N) is 1. The summed E-state index contributed by atoms with van der Waals surface area (Å²) in [6.45, 7) is 11.7. The number of nitrogens with two attached hydrogens (primary N) is 1. The molecule has 3 nitrogen and oxygen atoms in total. The molecule has 0 amide bonds. The van der Waals surface area contributed by atoms with Crippen LogP contribution in [0.5, 0.6) is 5.75 Å². The summed E-state index contributed by atoms with van der Waals surface area (Å²) in [6, 6.07) is 3.90. The van der Waals surface area contributed by atoms with Crippen molar-refractivity contribution in [1.82, 2.24) is 4.90 Å². The fourth-order valence-electron chi connectivity index (χ4n) is 2.17. The number of hydrogen-bond donors (Lipinski definition) is 1. The van der Waals surface area contributed by atoms with Gasteiger partial charge in [-0.2, -0.15) is 0 Å².